The van der Waals surface area contributed by atoms with Crippen molar-refractivity contribution in [3.05, 3.63) is 35.4 Å². The minimum absolute atomic E-state index is 0.286. The molecule has 0 aliphatic rings. The number of carbonyl (C=O) groups is 1. The normalized spacial score (nSPS) is 10.1. The fraction of sp³-hybridized carbons (Fsp3) is 0.529. The lowest BCUT2D eigenvalue weighted by Crippen LogP contribution is -1.93. The van der Waals surface area contributed by atoms with Crippen LogP contribution in [0.2, 0.25) is 0 Å². The Hall–Kier alpha value is -1.62. The number of nitriles is 1. The van der Waals surface area contributed by atoms with E-state index in [1.807, 2.05) is 0 Å². The van der Waals surface area contributed by atoms with Gasteiger partial charge in [-0.2, -0.15) is 5.26 Å². The lowest BCUT2D eigenvalue weighted by atomic mass is 10.0. The fourth-order valence-electron chi connectivity index (χ4n) is 2.19. The molecular weight excluding hydrogens is 234 g/mol. The van der Waals surface area contributed by atoms with E-state index in [-0.39, 0.29) is 5.78 Å². The number of unbranched alkanes of at least 4 members (excludes halogenated alkanes) is 3. The molecule has 1 rings (SSSR count). The van der Waals surface area contributed by atoms with Crippen LogP contribution in [0.1, 0.15) is 56.6 Å². The van der Waals surface area contributed by atoms with E-state index >= 15 is 0 Å². The Morgan fingerprint density at radius 3 is 2.16 bits per heavy atom. The molecule has 0 spiro atoms. The van der Waals surface area contributed by atoms with Crippen LogP contribution in [0, 0.1) is 11.3 Å². The molecule has 1 aromatic rings. The van der Waals surface area contributed by atoms with Gasteiger partial charge in [0, 0.05) is 6.42 Å². The van der Waals surface area contributed by atoms with Gasteiger partial charge in [-0.3, -0.25) is 4.79 Å². The monoisotopic (exact) mass is 257 g/mol. The second-order valence-corrected chi connectivity index (χ2v) is 5.02. The number of rotatable bonds is 9. The topological polar surface area (TPSA) is 40.9 Å². The van der Waals surface area contributed by atoms with E-state index in [1.165, 1.54) is 17.5 Å². The summed E-state index contributed by atoms with van der Waals surface area (Å²) in [5.74, 6) is -0.286. The third kappa shape index (κ3) is 6.76. The van der Waals surface area contributed by atoms with E-state index in [2.05, 4.69) is 31.2 Å². The van der Waals surface area contributed by atoms with Crippen molar-refractivity contribution in [3.8, 4) is 6.07 Å². The first kappa shape index (κ1) is 15.4. The molecule has 1 aromatic carbocycles. The molecule has 2 nitrogen and oxygen atoms in total. The van der Waals surface area contributed by atoms with Crippen LogP contribution in [0.4, 0.5) is 0 Å². The van der Waals surface area contributed by atoms with Crippen molar-refractivity contribution in [1.29, 1.82) is 5.26 Å². The Labute approximate surface area is 116 Å². The van der Waals surface area contributed by atoms with Gasteiger partial charge < -0.3 is 0 Å². The van der Waals surface area contributed by atoms with Crippen molar-refractivity contribution < 1.29 is 4.79 Å². The average molecular weight is 257 g/mol. The summed E-state index contributed by atoms with van der Waals surface area (Å²) in [5.41, 5.74) is 2.81. The van der Waals surface area contributed by atoms with Crippen molar-refractivity contribution in [3.63, 3.8) is 0 Å². The molecule has 0 unspecified atom stereocenters. The summed E-state index contributed by atoms with van der Waals surface area (Å²) < 4.78 is 0. The third-order valence-electron chi connectivity index (χ3n) is 3.31. The Balaban J connectivity index is 2.12. The van der Waals surface area contributed by atoms with Crippen LogP contribution in [0.15, 0.2) is 24.3 Å². The number of hydrogen-bond donors (Lipinski definition) is 0. The summed E-state index contributed by atoms with van der Waals surface area (Å²) in [5, 5.41) is 8.35. The molecule has 0 aromatic heterocycles. The number of Topliss-reactive ketones (excluding diaryl/α,β-unsaturated/α-hetero) is 1. The lowest BCUT2D eigenvalue weighted by Gasteiger charge is -2.03. The standard InChI is InChI=1S/C17H23NO/c1-2-7-15-10-12-16(13-11-15)8-5-3-4-6-9-17(19)14-18/h10-13H,2-9H2,1H3. The summed E-state index contributed by atoms with van der Waals surface area (Å²) in [6.45, 7) is 2.20. The summed E-state index contributed by atoms with van der Waals surface area (Å²) in [6, 6.07) is 10.6. The minimum Gasteiger partial charge on any atom is -0.283 e. The highest BCUT2D eigenvalue weighted by molar-refractivity contribution is 5.93. The molecule has 0 heterocycles. The molecule has 0 saturated carbocycles. The molecule has 0 fully saturated rings. The van der Waals surface area contributed by atoms with Gasteiger partial charge in [-0.1, -0.05) is 50.5 Å². The van der Waals surface area contributed by atoms with Crippen LogP contribution in [-0.2, 0) is 17.6 Å². The van der Waals surface area contributed by atoms with Gasteiger partial charge in [0.15, 0.2) is 0 Å². The van der Waals surface area contributed by atoms with Crippen LogP contribution < -0.4 is 0 Å². The molecule has 0 amide bonds. The van der Waals surface area contributed by atoms with Gasteiger partial charge in [0.1, 0.15) is 6.07 Å². The molecule has 0 aliphatic heterocycles. The Morgan fingerprint density at radius 2 is 1.58 bits per heavy atom. The maximum absolute atomic E-state index is 10.8. The zero-order chi connectivity index (χ0) is 13.9. The molecule has 0 radical (unpaired) electrons. The first-order valence-electron chi connectivity index (χ1n) is 7.27. The maximum Gasteiger partial charge on any atom is 0.231 e. The molecule has 0 atom stereocenters. The Morgan fingerprint density at radius 1 is 1.00 bits per heavy atom. The van der Waals surface area contributed by atoms with Crippen molar-refractivity contribution in [2.45, 2.75) is 58.3 Å². The van der Waals surface area contributed by atoms with E-state index in [4.69, 9.17) is 5.26 Å². The number of hydrogen-bond acceptors (Lipinski definition) is 2. The Kier molecular flexibility index (Phi) is 7.58. The highest BCUT2D eigenvalue weighted by atomic mass is 16.1. The van der Waals surface area contributed by atoms with Gasteiger partial charge in [-0.15, -0.1) is 0 Å². The van der Waals surface area contributed by atoms with E-state index in [9.17, 15) is 4.79 Å². The Bertz CT molecular complexity index is 414. The van der Waals surface area contributed by atoms with Gasteiger partial charge in [0.05, 0.1) is 0 Å². The average Bonchev–Trinajstić information content (AvgIpc) is 2.44. The second-order valence-electron chi connectivity index (χ2n) is 5.02. The predicted octanol–water partition coefficient (Wildman–Crippen LogP) is 4.22. The molecular formula is C17H23NO. The predicted molar refractivity (Wildman–Crippen MR) is 77.8 cm³/mol. The summed E-state index contributed by atoms with van der Waals surface area (Å²) >= 11 is 0. The van der Waals surface area contributed by atoms with Crippen LogP contribution in [0.25, 0.3) is 0 Å². The van der Waals surface area contributed by atoms with Crippen LogP contribution in [-0.4, -0.2) is 5.78 Å². The highest BCUT2D eigenvalue weighted by Gasteiger charge is 1.99. The highest BCUT2D eigenvalue weighted by Crippen LogP contribution is 2.11. The first-order valence-corrected chi connectivity index (χ1v) is 7.27. The van der Waals surface area contributed by atoms with Gasteiger partial charge >= 0.3 is 0 Å². The van der Waals surface area contributed by atoms with Crippen LogP contribution in [0.3, 0.4) is 0 Å². The van der Waals surface area contributed by atoms with E-state index in [1.54, 1.807) is 6.07 Å². The van der Waals surface area contributed by atoms with E-state index in [0.717, 1.165) is 38.5 Å². The van der Waals surface area contributed by atoms with Gasteiger partial charge in [0.2, 0.25) is 5.78 Å². The molecule has 102 valence electrons. The van der Waals surface area contributed by atoms with Crippen LogP contribution >= 0.6 is 0 Å². The van der Waals surface area contributed by atoms with Crippen molar-refractivity contribution >= 4 is 5.78 Å². The quantitative estimate of drug-likeness (QED) is 0.491. The third-order valence-corrected chi connectivity index (χ3v) is 3.31. The lowest BCUT2D eigenvalue weighted by molar-refractivity contribution is -0.114. The SMILES string of the molecule is CCCc1ccc(CCCCCCC(=O)C#N)cc1. The molecule has 2 heteroatoms. The maximum atomic E-state index is 10.8. The summed E-state index contributed by atoms with van der Waals surface area (Å²) in [7, 11) is 0. The molecule has 0 bridgehead atoms. The zero-order valence-electron chi connectivity index (χ0n) is 11.8. The van der Waals surface area contributed by atoms with Crippen molar-refractivity contribution in [1.82, 2.24) is 0 Å². The van der Waals surface area contributed by atoms with Gasteiger partial charge in [-0.25, -0.2) is 0 Å². The van der Waals surface area contributed by atoms with E-state index < -0.39 is 0 Å². The van der Waals surface area contributed by atoms with Gasteiger partial charge in [0.25, 0.3) is 0 Å². The molecule has 19 heavy (non-hydrogen) atoms. The number of carbonyl (C=O) groups excluding carboxylic acids is 1. The smallest absolute Gasteiger partial charge is 0.231 e. The summed E-state index contributed by atoms with van der Waals surface area (Å²) in [6.07, 6.45) is 8.07. The molecule has 0 N–H and O–H groups in total. The number of ketones is 1. The second kappa shape index (κ2) is 9.33. The first-order chi connectivity index (χ1) is 9.26. The fourth-order valence-corrected chi connectivity index (χ4v) is 2.19. The van der Waals surface area contributed by atoms with Gasteiger partial charge in [-0.05, 0) is 36.8 Å². The van der Waals surface area contributed by atoms with Crippen molar-refractivity contribution in [2.24, 2.45) is 0 Å². The zero-order valence-corrected chi connectivity index (χ0v) is 11.8. The number of benzene rings is 1. The van der Waals surface area contributed by atoms with Crippen LogP contribution in [0.5, 0.6) is 0 Å². The van der Waals surface area contributed by atoms with Crippen molar-refractivity contribution in [2.75, 3.05) is 0 Å². The molecule has 0 aliphatic carbocycles. The number of nitrogens with zero attached hydrogens (tertiary/aromatic N) is 1. The number of aryl methyl sites for hydroxylation is 2. The molecule has 0 saturated heterocycles. The largest absolute Gasteiger partial charge is 0.283 e. The minimum atomic E-state index is -0.286. The van der Waals surface area contributed by atoms with E-state index in [0.29, 0.717) is 6.42 Å². The summed E-state index contributed by atoms with van der Waals surface area (Å²) in [4.78, 5) is 10.8.